The Bertz CT molecular complexity index is 998. The molecule has 0 atom stereocenters. The smallest absolute Gasteiger partial charge is 0.238 e. The van der Waals surface area contributed by atoms with Crippen LogP contribution in [0.3, 0.4) is 0 Å². The van der Waals surface area contributed by atoms with Gasteiger partial charge in [-0.1, -0.05) is 0 Å². The second-order valence-electron chi connectivity index (χ2n) is 7.00. The molecule has 150 valence electrons. The van der Waals surface area contributed by atoms with E-state index in [1.165, 1.54) is 11.3 Å². The van der Waals surface area contributed by atoms with Crippen molar-refractivity contribution in [2.24, 2.45) is 0 Å². The molecule has 0 unspecified atom stereocenters. The highest BCUT2D eigenvalue weighted by molar-refractivity contribution is 7.09. The summed E-state index contributed by atoms with van der Waals surface area (Å²) in [7, 11) is 0. The van der Waals surface area contributed by atoms with Crippen molar-refractivity contribution in [2.75, 3.05) is 19.7 Å². The van der Waals surface area contributed by atoms with Crippen LogP contribution in [0.15, 0.2) is 17.6 Å². The number of fused-ring (bicyclic) bond motifs is 1. The number of nitrogens with zero attached hydrogens (tertiary/aromatic N) is 4. The lowest BCUT2D eigenvalue weighted by atomic mass is 10.2. The highest BCUT2D eigenvalue weighted by Crippen LogP contribution is 2.31. The van der Waals surface area contributed by atoms with E-state index >= 15 is 0 Å². The number of hydrogen-bond donors (Lipinski definition) is 0. The van der Waals surface area contributed by atoms with Crippen molar-refractivity contribution >= 4 is 40.6 Å². The molecular formula is C20H25ClN4O2S. The van der Waals surface area contributed by atoms with E-state index in [2.05, 4.69) is 33.8 Å². The fraction of sp³-hybridized carbons (Fsp3) is 0.450. The number of pyridine rings is 1. The lowest BCUT2D eigenvalue weighted by Crippen LogP contribution is -2.29. The van der Waals surface area contributed by atoms with Gasteiger partial charge in [-0.25, -0.2) is 9.97 Å². The van der Waals surface area contributed by atoms with Gasteiger partial charge in [0.2, 0.25) is 11.8 Å². The summed E-state index contributed by atoms with van der Waals surface area (Å²) < 4.78 is 8.28. The van der Waals surface area contributed by atoms with Crippen LogP contribution in [0.25, 0.3) is 10.9 Å². The predicted molar refractivity (Wildman–Crippen MR) is 114 cm³/mol. The van der Waals surface area contributed by atoms with Crippen molar-refractivity contribution in [2.45, 2.75) is 40.2 Å². The molecule has 6 nitrogen and oxygen atoms in total. The highest BCUT2D eigenvalue weighted by atomic mass is 35.5. The van der Waals surface area contributed by atoms with E-state index in [0.29, 0.717) is 32.0 Å². The summed E-state index contributed by atoms with van der Waals surface area (Å²) in [6, 6.07) is 2.04. The second-order valence-corrected chi connectivity index (χ2v) is 8.06. The molecule has 0 N–H and O–H groups in total. The van der Waals surface area contributed by atoms with Crippen molar-refractivity contribution in [1.29, 1.82) is 0 Å². The van der Waals surface area contributed by atoms with Gasteiger partial charge in [0.15, 0.2) is 0 Å². The summed E-state index contributed by atoms with van der Waals surface area (Å²) in [5.41, 5.74) is 4.49. The minimum Gasteiger partial charge on any atom is -0.474 e. The monoisotopic (exact) mass is 420 g/mol. The summed E-state index contributed by atoms with van der Waals surface area (Å²) in [6.45, 7) is 8.88. The van der Waals surface area contributed by atoms with Gasteiger partial charge in [0.1, 0.15) is 12.1 Å². The lowest BCUT2D eigenvalue weighted by Gasteiger charge is -2.16. The molecule has 8 heteroatoms. The van der Waals surface area contributed by atoms with Crippen LogP contribution in [0.5, 0.6) is 5.88 Å². The average Bonchev–Trinajstić information content (AvgIpc) is 3.32. The number of amides is 1. The fourth-order valence-corrected chi connectivity index (χ4v) is 4.31. The number of aryl methyl sites for hydroxylation is 2. The van der Waals surface area contributed by atoms with Crippen LogP contribution in [-0.2, 0) is 11.3 Å². The van der Waals surface area contributed by atoms with Gasteiger partial charge in [-0.05, 0) is 38.8 Å². The van der Waals surface area contributed by atoms with Gasteiger partial charge >= 0.3 is 0 Å². The summed E-state index contributed by atoms with van der Waals surface area (Å²) in [6.07, 6.45) is 3.39. The molecule has 3 aromatic heterocycles. The van der Waals surface area contributed by atoms with E-state index in [1.807, 2.05) is 17.9 Å². The van der Waals surface area contributed by atoms with Gasteiger partial charge in [-0.2, -0.15) is 0 Å². The zero-order chi connectivity index (χ0) is 19.0. The predicted octanol–water partition coefficient (Wildman–Crippen LogP) is 3.89. The maximum absolute atomic E-state index is 11.8. The Labute approximate surface area is 175 Å². The molecule has 0 saturated carbocycles. The molecule has 1 aliphatic heterocycles. The maximum atomic E-state index is 11.8. The fourth-order valence-electron chi connectivity index (χ4n) is 3.70. The summed E-state index contributed by atoms with van der Waals surface area (Å²) >= 11 is 1.67. The van der Waals surface area contributed by atoms with E-state index in [9.17, 15) is 4.79 Å². The number of aromatic nitrogens is 3. The van der Waals surface area contributed by atoms with Crippen LogP contribution in [0.1, 0.15) is 34.8 Å². The van der Waals surface area contributed by atoms with E-state index in [4.69, 9.17) is 4.74 Å². The van der Waals surface area contributed by atoms with Crippen LogP contribution in [0.2, 0.25) is 0 Å². The SMILES string of the molecule is Cc1nc(Cn2c(C)c(C)c3ccnc(OCCN4CCCC4=O)c32)cs1.Cl. The van der Waals surface area contributed by atoms with Gasteiger partial charge in [0.25, 0.3) is 0 Å². The maximum Gasteiger partial charge on any atom is 0.238 e. The Morgan fingerprint density at radius 2 is 2.11 bits per heavy atom. The third-order valence-electron chi connectivity index (χ3n) is 5.27. The number of thiazole rings is 1. The van der Waals surface area contributed by atoms with Crippen molar-refractivity contribution in [3.63, 3.8) is 0 Å². The van der Waals surface area contributed by atoms with E-state index in [-0.39, 0.29) is 18.3 Å². The number of likely N-dealkylation sites (tertiary alicyclic amines) is 1. The van der Waals surface area contributed by atoms with Crippen LogP contribution in [0.4, 0.5) is 0 Å². The number of ether oxygens (including phenoxy) is 1. The molecule has 4 heterocycles. The van der Waals surface area contributed by atoms with Crippen LogP contribution in [0, 0.1) is 20.8 Å². The van der Waals surface area contributed by atoms with E-state index < -0.39 is 0 Å². The molecule has 28 heavy (non-hydrogen) atoms. The minimum atomic E-state index is 0. The third kappa shape index (κ3) is 3.86. The summed E-state index contributed by atoms with van der Waals surface area (Å²) in [5, 5.41) is 4.33. The van der Waals surface area contributed by atoms with Crippen LogP contribution >= 0.6 is 23.7 Å². The number of hydrogen-bond acceptors (Lipinski definition) is 5. The molecule has 1 amide bonds. The molecule has 0 aromatic carbocycles. The van der Waals surface area contributed by atoms with E-state index in [0.717, 1.165) is 34.6 Å². The molecular weight excluding hydrogens is 396 g/mol. The number of carbonyl (C=O) groups is 1. The molecule has 1 saturated heterocycles. The molecule has 4 rings (SSSR count). The normalized spacial score (nSPS) is 14.0. The first-order valence-electron chi connectivity index (χ1n) is 9.30. The van der Waals surface area contributed by atoms with Crippen LogP contribution in [-0.4, -0.2) is 45.0 Å². The van der Waals surface area contributed by atoms with Crippen molar-refractivity contribution in [3.8, 4) is 5.88 Å². The molecule has 0 bridgehead atoms. The number of rotatable bonds is 6. The van der Waals surface area contributed by atoms with Gasteiger partial charge in [-0.3, -0.25) is 4.79 Å². The first kappa shape index (κ1) is 20.6. The first-order chi connectivity index (χ1) is 13.0. The minimum absolute atomic E-state index is 0. The summed E-state index contributed by atoms with van der Waals surface area (Å²) in [4.78, 5) is 22.7. The quantitative estimate of drug-likeness (QED) is 0.607. The summed E-state index contributed by atoms with van der Waals surface area (Å²) in [5.74, 6) is 0.848. The zero-order valence-electron chi connectivity index (χ0n) is 16.4. The molecule has 3 aromatic rings. The van der Waals surface area contributed by atoms with E-state index in [1.54, 1.807) is 17.5 Å². The Morgan fingerprint density at radius 3 is 2.79 bits per heavy atom. The number of halogens is 1. The first-order valence-corrected chi connectivity index (χ1v) is 10.2. The Kier molecular flexibility index (Phi) is 6.25. The molecule has 0 spiro atoms. The zero-order valence-corrected chi connectivity index (χ0v) is 18.0. The van der Waals surface area contributed by atoms with Gasteiger partial charge in [0, 0.05) is 35.6 Å². The molecule has 1 aliphatic rings. The van der Waals surface area contributed by atoms with Crippen LogP contribution < -0.4 is 4.74 Å². The number of carbonyl (C=O) groups excluding carboxylic acids is 1. The highest BCUT2D eigenvalue weighted by Gasteiger charge is 2.21. The second kappa shape index (κ2) is 8.49. The lowest BCUT2D eigenvalue weighted by molar-refractivity contribution is -0.128. The Hall–Kier alpha value is -2.12. The van der Waals surface area contributed by atoms with Gasteiger partial charge in [0.05, 0.1) is 23.8 Å². The molecule has 0 aliphatic carbocycles. The van der Waals surface area contributed by atoms with Crippen molar-refractivity contribution < 1.29 is 9.53 Å². The van der Waals surface area contributed by atoms with Crippen molar-refractivity contribution in [3.05, 3.63) is 39.6 Å². The largest absolute Gasteiger partial charge is 0.474 e. The van der Waals surface area contributed by atoms with Gasteiger partial charge < -0.3 is 14.2 Å². The average molecular weight is 421 g/mol. The van der Waals surface area contributed by atoms with Gasteiger partial charge in [-0.15, -0.1) is 23.7 Å². The molecule has 0 radical (unpaired) electrons. The molecule has 1 fully saturated rings. The third-order valence-corrected chi connectivity index (χ3v) is 6.09. The standard InChI is InChI=1S/C20H24N4O2S.ClH/c1-13-14(2)24(11-16-12-27-15(3)22-16)19-17(13)6-7-21-20(19)26-10-9-23-8-4-5-18(23)25;/h6-7,12H,4-5,8-11H2,1-3H3;1H. The Morgan fingerprint density at radius 1 is 1.29 bits per heavy atom. The Balaban J connectivity index is 0.00000225. The van der Waals surface area contributed by atoms with Crippen molar-refractivity contribution in [1.82, 2.24) is 19.4 Å². The topological polar surface area (TPSA) is 60.2 Å².